The van der Waals surface area contributed by atoms with Gasteiger partial charge >= 0.3 is 0 Å². The minimum Gasteiger partial charge on any atom is -0.508 e. The van der Waals surface area contributed by atoms with Crippen molar-refractivity contribution in [2.45, 2.75) is 40.8 Å². The van der Waals surface area contributed by atoms with Gasteiger partial charge in [0.15, 0.2) is 5.78 Å². The van der Waals surface area contributed by atoms with E-state index in [-0.39, 0.29) is 54.5 Å². The predicted octanol–water partition coefficient (Wildman–Crippen LogP) is 5.69. The normalized spacial score (nSPS) is 15.4. The molecule has 9 heteroatoms. The second-order valence-corrected chi connectivity index (χ2v) is 8.97. The quantitative estimate of drug-likeness (QED) is 0.311. The zero-order chi connectivity index (χ0) is 25.4. The first-order valence-corrected chi connectivity index (χ1v) is 12.6. The summed E-state index contributed by atoms with van der Waals surface area (Å²) in [6.07, 6.45) is 3.83. The highest BCUT2D eigenvalue weighted by Gasteiger charge is 2.20. The van der Waals surface area contributed by atoms with Crippen molar-refractivity contribution in [2.24, 2.45) is 0 Å². The van der Waals surface area contributed by atoms with E-state index in [1.807, 2.05) is 36.4 Å². The van der Waals surface area contributed by atoms with Crippen LogP contribution in [0.2, 0.25) is 0 Å². The van der Waals surface area contributed by atoms with Crippen LogP contribution in [-0.4, -0.2) is 65.1 Å². The second-order valence-electron chi connectivity index (χ2n) is 8.97. The number of nitrogens with zero attached hydrogens (tertiary/aromatic N) is 2. The molecule has 38 heavy (non-hydrogen) atoms. The van der Waals surface area contributed by atoms with Crippen LogP contribution in [0.5, 0.6) is 11.5 Å². The Hall–Kier alpha value is -2.06. The number of hydrogen-bond donors (Lipinski definition) is 3. The van der Waals surface area contributed by atoms with Crippen molar-refractivity contribution in [3.63, 3.8) is 0 Å². The molecular weight excluding hydrogens is 545 g/mol. The number of piperidine rings is 1. The average molecular weight is 587 g/mol. The van der Waals surface area contributed by atoms with Crippen LogP contribution in [0.3, 0.4) is 0 Å². The Kier molecular flexibility index (Phi) is 16.6. The number of carbonyl (C=O) groups is 1. The van der Waals surface area contributed by atoms with E-state index in [0.717, 1.165) is 48.4 Å². The number of ketones is 1. The number of Topliss-reactive ketones (excluding diaryl/α,β-unsaturated/α-hetero) is 1. The maximum Gasteiger partial charge on any atom is 0.187 e. The smallest absolute Gasteiger partial charge is 0.187 e. The highest BCUT2D eigenvalue weighted by atomic mass is 35.5. The molecule has 212 valence electrons. The lowest BCUT2D eigenvalue weighted by Gasteiger charge is -2.20. The molecule has 2 aromatic carbocycles. The molecule has 1 saturated heterocycles. The van der Waals surface area contributed by atoms with Crippen LogP contribution < -0.4 is 5.32 Å². The van der Waals surface area contributed by atoms with Crippen LogP contribution in [0.4, 0.5) is 0 Å². The number of phenolic OH excluding ortho intramolecular Hbond substituents is 2. The van der Waals surface area contributed by atoms with Gasteiger partial charge in [0.05, 0.1) is 0 Å². The number of carbonyl (C=O) groups excluding carboxylic acids is 1. The van der Waals surface area contributed by atoms with Crippen LogP contribution in [0, 0.1) is 0 Å². The van der Waals surface area contributed by atoms with Gasteiger partial charge in [-0.25, -0.2) is 0 Å². The van der Waals surface area contributed by atoms with Crippen LogP contribution in [-0.2, 0) is 17.9 Å². The van der Waals surface area contributed by atoms with E-state index < -0.39 is 0 Å². The Morgan fingerprint density at radius 3 is 1.42 bits per heavy atom. The molecule has 0 spiro atoms. The Labute approximate surface area is 246 Å². The molecular formula is C29H42Cl3N3O3. The minimum atomic E-state index is 0. The van der Waals surface area contributed by atoms with Crippen molar-refractivity contribution >= 4 is 55.2 Å². The fraction of sp³-hybridized carbons (Fsp3) is 0.414. The van der Waals surface area contributed by atoms with Gasteiger partial charge < -0.3 is 15.5 Å². The summed E-state index contributed by atoms with van der Waals surface area (Å²) in [4.78, 5) is 17.8. The lowest BCUT2D eigenvalue weighted by Crippen LogP contribution is -2.32. The molecule has 0 amide bonds. The Morgan fingerprint density at radius 2 is 1.08 bits per heavy atom. The largest absolute Gasteiger partial charge is 0.508 e. The molecule has 1 aliphatic rings. The maximum absolute atomic E-state index is 13.3. The zero-order valence-electron chi connectivity index (χ0n) is 22.7. The molecule has 0 bridgehead atoms. The Balaban J connectivity index is 0.00000456. The molecule has 0 aliphatic carbocycles. The molecule has 1 heterocycles. The van der Waals surface area contributed by atoms with Crippen LogP contribution >= 0.6 is 37.2 Å². The van der Waals surface area contributed by atoms with Crippen molar-refractivity contribution in [3.8, 4) is 11.5 Å². The van der Waals surface area contributed by atoms with Crippen LogP contribution in [0.15, 0.2) is 47.5 Å². The van der Waals surface area contributed by atoms with Gasteiger partial charge in [-0.1, -0.05) is 39.8 Å². The summed E-state index contributed by atoms with van der Waals surface area (Å²) in [6.45, 7) is 14.4. The number of halogens is 3. The molecule has 1 fully saturated rings. The Morgan fingerprint density at radius 1 is 0.711 bits per heavy atom. The molecule has 0 unspecified atom stereocenters. The molecule has 0 radical (unpaired) electrons. The van der Waals surface area contributed by atoms with Crippen molar-refractivity contribution in [1.82, 2.24) is 15.1 Å². The summed E-state index contributed by atoms with van der Waals surface area (Å²) < 4.78 is 0. The van der Waals surface area contributed by atoms with Gasteiger partial charge in [0.25, 0.3) is 0 Å². The SMILES string of the molecule is CCN(CC)Cc1cc(C=C2CNCC(=Cc3ccc(O)c(CN(CC)CC)c3)C2=O)ccc1O.Cl.Cl.Cl. The maximum atomic E-state index is 13.3. The van der Waals surface area contributed by atoms with E-state index in [0.29, 0.717) is 37.3 Å². The average Bonchev–Trinajstić information content (AvgIpc) is 2.86. The number of aromatic hydroxyl groups is 2. The first-order chi connectivity index (χ1) is 16.9. The third kappa shape index (κ3) is 9.60. The monoisotopic (exact) mass is 585 g/mol. The van der Waals surface area contributed by atoms with Crippen LogP contribution in [0.1, 0.15) is 49.9 Å². The van der Waals surface area contributed by atoms with Gasteiger partial charge in [-0.2, -0.15) is 0 Å². The van der Waals surface area contributed by atoms with E-state index in [4.69, 9.17) is 0 Å². The number of nitrogens with one attached hydrogen (secondary N) is 1. The summed E-state index contributed by atoms with van der Waals surface area (Å²) in [5.41, 5.74) is 4.93. The first kappa shape index (κ1) is 35.9. The lowest BCUT2D eigenvalue weighted by atomic mass is 9.95. The van der Waals surface area contributed by atoms with Gasteiger partial charge in [-0.05, 0) is 73.7 Å². The molecule has 0 atom stereocenters. The second kappa shape index (κ2) is 17.5. The molecule has 3 rings (SSSR count). The first-order valence-electron chi connectivity index (χ1n) is 12.6. The molecule has 6 nitrogen and oxygen atoms in total. The van der Waals surface area contributed by atoms with E-state index >= 15 is 0 Å². The van der Waals surface area contributed by atoms with Crippen molar-refractivity contribution in [3.05, 3.63) is 69.8 Å². The minimum absolute atomic E-state index is 0. The molecule has 0 saturated carbocycles. The van der Waals surface area contributed by atoms with E-state index in [9.17, 15) is 15.0 Å². The number of phenols is 2. The Bertz CT molecular complexity index is 1010. The lowest BCUT2D eigenvalue weighted by molar-refractivity contribution is -0.112. The van der Waals surface area contributed by atoms with Crippen molar-refractivity contribution in [2.75, 3.05) is 39.3 Å². The number of benzene rings is 2. The van der Waals surface area contributed by atoms with Crippen molar-refractivity contribution < 1.29 is 15.0 Å². The topological polar surface area (TPSA) is 76.0 Å². The third-order valence-electron chi connectivity index (χ3n) is 6.68. The van der Waals surface area contributed by atoms with Gasteiger partial charge in [0, 0.05) is 48.5 Å². The van der Waals surface area contributed by atoms with Crippen LogP contribution in [0.25, 0.3) is 12.2 Å². The van der Waals surface area contributed by atoms with Gasteiger partial charge in [0.1, 0.15) is 11.5 Å². The fourth-order valence-corrected chi connectivity index (χ4v) is 4.35. The fourth-order valence-electron chi connectivity index (χ4n) is 4.35. The third-order valence-corrected chi connectivity index (χ3v) is 6.68. The number of rotatable bonds is 10. The standard InChI is InChI=1S/C29H39N3O3.3ClH/c1-5-31(6-2)19-25-15-21(9-11-27(25)33)13-23-17-30-18-24(29(23)35)14-22-10-12-28(34)26(16-22)20-32(7-3)8-4;;;/h9-16,30,33-34H,5-8,17-20H2,1-4H3;3*1H. The molecule has 0 aromatic heterocycles. The zero-order valence-corrected chi connectivity index (χ0v) is 25.1. The predicted molar refractivity (Wildman–Crippen MR) is 165 cm³/mol. The van der Waals surface area contributed by atoms with E-state index in [1.54, 1.807) is 12.1 Å². The van der Waals surface area contributed by atoms with E-state index in [1.165, 1.54) is 0 Å². The highest BCUT2D eigenvalue weighted by molar-refractivity contribution is 6.14. The highest BCUT2D eigenvalue weighted by Crippen LogP contribution is 2.25. The van der Waals surface area contributed by atoms with Crippen molar-refractivity contribution in [1.29, 1.82) is 0 Å². The summed E-state index contributed by atoms with van der Waals surface area (Å²) >= 11 is 0. The van der Waals surface area contributed by atoms with E-state index in [2.05, 4.69) is 42.8 Å². The summed E-state index contributed by atoms with van der Waals surface area (Å²) in [6, 6.07) is 11.0. The number of hydrogen-bond acceptors (Lipinski definition) is 6. The summed E-state index contributed by atoms with van der Waals surface area (Å²) in [5.74, 6) is 0.585. The molecule has 2 aromatic rings. The van der Waals surface area contributed by atoms with Gasteiger partial charge in [-0.3, -0.25) is 14.6 Å². The molecule has 3 N–H and O–H groups in total. The summed E-state index contributed by atoms with van der Waals surface area (Å²) in [7, 11) is 0. The summed E-state index contributed by atoms with van der Waals surface area (Å²) in [5, 5.41) is 24.0. The van der Waals surface area contributed by atoms with Gasteiger partial charge in [-0.15, -0.1) is 37.2 Å². The van der Waals surface area contributed by atoms with Gasteiger partial charge in [0.2, 0.25) is 0 Å². The molecule has 1 aliphatic heterocycles.